The topological polar surface area (TPSA) is 157 Å². The maximum atomic E-state index is 12.9. The van der Waals surface area contributed by atoms with Crippen LogP contribution < -0.4 is 11.2 Å². The van der Waals surface area contributed by atoms with Crippen molar-refractivity contribution in [1.82, 2.24) is 30.7 Å². The first kappa shape index (κ1) is 22.0. The fourth-order valence-corrected chi connectivity index (χ4v) is 3.78. The van der Waals surface area contributed by atoms with Crippen LogP contribution in [0.1, 0.15) is 34.2 Å². The Morgan fingerprint density at radius 1 is 1.24 bits per heavy atom. The van der Waals surface area contributed by atoms with Gasteiger partial charge in [-0.3, -0.25) is 4.79 Å². The predicted octanol–water partition coefficient (Wildman–Crippen LogP) is 2.69. The van der Waals surface area contributed by atoms with Crippen LogP contribution in [0.25, 0.3) is 5.82 Å². The van der Waals surface area contributed by atoms with E-state index in [4.69, 9.17) is 5.73 Å². The molecule has 168 valence electrons. The van der Waals surface area contributed by atoms with Gasteiger partial charge in [0.1, 0.15) is 5.75 Å². The van der Waals surface area contributed by atoms with Gasteiger partial charge < -0.3 is 10.8 Å². The van der Waals surface area contributed by atoms with Crippen molar-refractivity contribution in [3.63, 3.8) is 0 Å². The molecule has 12 heteroatoms. The van der Waals surface area contributed by atoms with Gasteiger partial charge in [0, 0.05) is 16.2 Å². The number of phenols is 1. The van der Waals surface area contributed by atoms with Crippen LogP contribution in [-0.4, -0.2) is 42.0 Å². The van der Waals surface area contributed by atoms with E-state index in [1.165, 1.54) is 16.4 Å². The van der Waals surface area contributed by atoms with Crippen LogP contribution >= 0.6 is 11.8 Å². The zero-order valence-electron chi connectivity index (χ0n) is 17.8. The van der Waals surface area contributed by atoms with Gasteiger partial charge in [-0.2, -0.15) is 9.78 Å². The normalized spacial score (nSPS) is 11.5. The van der Waals surface area contributed by atoms with E-state index in [9.17, 15) is 9.90 Å². The highest BCUT2D eigenvalue weighted by Crippen LogP contribution is 2.26. The molecule has 0 aliphatic heterocycles. The number of nitrogens with one attached hydrogen (secondary N) is 1. The number of nitrogens with zero attached hydrogens (tertiary/aromatic N) is 6. The highest BCUT2D eigenvalue weighted by molar-refractivity contribution is 7.98. The summed E-state index contributed by atoms with van der Waals surface area (Å²) in [5.41, 5.74) is 11.1. The molecular weight excluding hydrogens is 444 g/mol. The number of aryl methyl sites for hydroxylation is 1. The molecule has 0 bridgehead atoms. The third kappa shape index (κ3) is 5.01. The number of carbonyl (C=O) groups excluding carboxylic acids is 1. The van der Waals surface area contributed by atoms with Crippen LogP contribution in [0.2, 0.25) is 0 Å². The number of hydrogen-bond acceptors (Lipinski definition) is 10. The van der Waals surface area contributed by atoms with Gasteiger partial charge in [-0.05, 0) is 48.4 Å². The largest absolute Gasteiger partial charge is 0.508 e. The maximum Gasteiger partial charge on any atom is 0.293 e. The Morgan fingerprint density at radius 3 is 2.73 bits per heavy atom. The average Bonchev–Trinajstić information content (AvgIpc) is 3.42. The minimum absolute atomic E-state index is 0.0196. The van der Waals surface area contributed by atoms with Crippen LogP contribution in [-0.2, 0) is 5.75 Å². The predicted molar refractivity (Wildman–Crippen MR) is 122 cm³/mol. The minimum Gasteiger partial charge on any atom is -0.508 e. The number of hydrogen-bond donors (Lipinski definition) is 3. The van der Waals surface area contributed by atoms with Gasteiger partial charge in [-0.1, -0.05) is 35.0 Å². The zero-order valence-corrected chi connectivity index (χ0v) is 18.6. The standard InChI is InChI=1S/C21H20N8O3S/c1-12-6-8-16(9-7-12)33-11-17-18(24-28-29(17)20-19(22)26-32-27-20)21(31)25-23-13(2)14-4-3-5-15(30)10-14/h3-10,30H,11H2,1-2H3,(H2,22,26)(H,25,31)/b23-13+. The van der Waals surface area contributed by atoms with E-state index in [1.807, 2.05) is 31.2 Å². The van der Waals surface area contributed by atoms with E-state index in [-0.39, 0.29) is 23.1 Å². The van der Waals surface area contributed by atoms with Crippen LogP contribution in [0, 0.1) is 6.92 Å². The summed E-state index contributed by atoms with van der Waals surface area (Å²) in [4.78, 5) is 13.9. The van der Waals surface area contributed by atoms with E-state index < -0.39 is 5.91 Å². The Bertz CT molecular complexity index is 1310. The van der Waals surface area contributed by atoms with Crippen LogP contribution in [0.3, 0.4) is 0 Å². The number of aromatic nitrogens is 5. The second-order valence-electron chi connectivity index (χ2n) is 7.06. The van der Waals surface area contributed by atoms with E-state index in [2.05, 4.69) is 35.8 Å². The monoisotopic (exact) mass is 464 g/mol. The van der Waals surface area contributed by atoms with Crippen molar-refractivity contribution in [2.24, 2.45) is 5.10 Å². The third-order valence-corrected chi connectivity index (χ3v) is 5.68. The number of anilines is 1. The first-order valence-corrected chi connectivity index (χ1v) is 10.8. The molecule has 4 aromatic rings. The summed E-state index contributed by atoms with van der Waals surface area (Å²) in [7, 11) is 0. The van der Waals surface area contributed by atoms with Crippen molar-refractivity contribution in [1.29, 1.82) is 0 Å². The Kier molecular flexibility index (Phi) is 6.36. The van der Waals surface area contributed by atoms with Gasteiger partial charge in [-0.15, -0.1) is 16.9 Å². The molecule has 4 N–H and O–H groups in total. The van der Waals surface area contributed by atoms with Crippen molar-refractivity contribution in [2.45, 2.75) is 24.5 Å². The summed E-state index contributed by atoms with van der Waals surface area (Å²) in [6, 6.07) is 14.5. The summed E-state index contributed by atoms with van der Waals surface area (Å²) < 4.78 is 6.00. The third-order valence-electron chi connectivity index (χ3n) is 4.66. The molecule has 0 unspecified atom stereocenters. The number of amides is 1. The summed E-state index contributed by atoms with van der Waals surface area (Å²) in [5, 5.41) is 29.1. The number of nitrogens with two attached hydrogens (primary N) is 1. The molecule has 0 aliphatic rings. The summed E-state index contributed by atoms with van der Waals surface area (Å²) in [5.74, 6) is 0.0490. The van der Waals surface area contributed by atoms with E-state index >= 15 is 0 Å². The number of nitrogen functional groups attached to an aromatic ring is 1. The van der Waals surface area contributed by atoms with Crippen molar-refractivity contribution >= 4 is 29.2 Å². The lowest BCUT2D eigenvalue weighted by atomic mass is 10.1. The first-order valence-electron chi connectivity index (χ1n) is 9.79. The quantitative estimate of drug-likeness (QED) is 0.212. The molecular formula is C21H20N8O3S. The molecule has 2 aromatic heterocycles. The maximum absolute atomic E-state index is 12.9. The number of carbonyl (C=O) groups is 1. The lowest BCUT2D eigenvalue weighted by Crippen LogP contribution is -2.21. The van der Waals surface area contributed by atoms with Gasteiger partial charge in [0.25, 0.3) is 5.91 Å². The van der Waals surface area contributed by atoms with Gasteiger partial charge in [0.15, 0.2) is 5.69 Å². The summed E-state index contributed by atoms with van der Waals surface area (Å²) in [6.45, 7) is 3.72. The smallest absolute Gasteiger partial charge is 0.293 e. The Hall–Kier alpha value is -4.19. The molecule has 2 aromatic carbocycles. The Labute approximate surface area is 192 Å². The molecule has 2 heterocycles. The second-order valence-corrected chi connectivity index (χ2v) is 8.11. The van der Waals surface area contributed by atoms with Gasteiger partial charge in [0.2, 0.25) is 11.6 Å². The Morgan fingerprint density at radius 2 is 2.03 bits per heavy atom. The molecule has 1 amide bonds. The Balaban J connectivity index is 1.60. The molecule has 0 radical (unpaired) electrons. The fraction of sp³-hybridized carbons (Fsp3) is 0.143. The fourth-order valence-electron chi connectivity index (χ4n) is 2.88. The van der Waals surface area contributed by atoms with E-state index in [1.54, 1.807) is 31.2 Å². The van der Waals surface area contributed by atoms with Gasteiger partial charge in [-0.25, -0.2) is 10.1 Å². The molecule has 0 spiro atoms. The van der Waals surface area contributed by atoms with Crippen molar-refractivity contribution in [2.75, 3.05) is 5.73 Å². The number of aromatic hydroxyl groups is 1. The molecule has 0 saturated carbocycles. The molecule has 0 aliphatic carbocycles. The number of hydrazone groups is 1. The molecule has 0 saturated heterocycles. The SMILES string of the molecule is C/C(=N\NC(=O)c1nnn(-c2nonc2N)c1CSc1ccc(C)cc1)c1cccc(O)c1. The average molecular weight is 465 g/mol. The molecule has 4 rings (SSSR count). The van der Waals surface area contributed by atoms with E-state index in [0.29, 0.717) is 22.7 Å². The summed E-state index contributed by atoms with van der Waals surface area (Å²) >= 11 is 1.49. The molecule has 11 nitrogen and oxygen atoms in total. The second kappa shape index (κ2) is 9.53. The van der Waals surface area contributed by atoms with Crippen molar-refractivity contribution < 1.29 is 14.5 Å². The lowest BCUT2D eigenvalue weighted by molar-refractivity contribution is 0.0949. The minimum atomic E-state index is -0.560. The van der Waals surface area contributed by atoms with Gasteiger partial charge >= 0.3 is 0 Å². The van der Waals surface area contributed by atoms with Crippen LogP contribution in [0.4, 0.5) is 5.82 Å². The van der Waals surface area contributed by atoms with Crippen molar-refractivity contribution in [3.8, 4) is 11.6 Å². The number of rotatable bonds is 7. The van der Waals surface area contributed by atoms with E-state index in [0.717, 1.165) is 10.5 Å². The molecule has 0 atom stereocenters. The summed E-state index contributed by atoms with van der Waals surface area (Å²) in [6.07, 6.45) is 0. The zero-order chi connectivity index (χ0) is 23.4. The molecule has 33 heavy (non-hydrogen) atoms. The van der Waals surface area contributed by atoms with Crippen LogP contribution in [0.15, 0.2) is 63.2 Å². The molecule has 0 fully saturated rings. The highest BCUT2D eigenvalue weighted by atomic mass is 32.2. The lowest BCUT2D eigenvalue weighted by Gasteiger charge is -2.07. The highest BCUT2D eigenvalue weighted by Gasteiger charge is 2.24. The number of thioether (sulfide) groups is 1. The van der Waals surface area contributed by atoms with Gasteiger partial charge in [0.05, 0.1) is 11.4 Å². The number of benzene rings is 2. The number of phenolic OH excluding ortho intramolecular Hbond substituents is 1. The van der Waals surface area contributed by atoms with Crippen LogP contribution in [0.5, 0.6) is 5.75 Å². The first-order chi connectivity index (χ1) is 15.9. The van der Waals surface area contributed by atoms with Crippen molar-refractivity contribution in [3.05, 3.63) is 71.0 Å².